The Bertz CT molecular complexity index is 3910. The molecule has 8 aromatic carbocycles. The van der Waals surface area contributed by atoms with Crippen molar-refractivity contribution in [2.75, 3.05) is 10.6 Å². The van der Waals surface area contributed by atoms with Crippen LogP contribution < -0.4 is 99.3 Å². The van der Waals surface area contributed by atoms with Crippen LogP contribution in [0, 0.1) is 40.5 Å². The summed E-state index contributed by atoms with van der Waals surface area (Å²) in [5.74, 6) is -4.86. The molecular weight excluding hydrogens is 1200 g/mol. The number of carbonyl (C=O) groups excluding carboxylic acids is 2. The van der Waals surface area contributed by atoms with Crippen LogP contribution in [0.2, 0.25) is 0 Å². The summed E-state index contributed by atoms with van der Waals surface area (Å²) in [5, 5.41) is 106. The minimum atomic E-state index is -5.03. The van der Waals surface area contributed by atoms with Crippen molar-refractivity contribution in [3.05, 3.63) is 185 Å². The van der Waals surface area contributed by atoms with Gasteiger partial charge in [-0.3, -0.25) is 59.2 Å². The van der Waals surface area contributed by atoms with E-state index in [0.717, 1.165) is 12.1 Å². The summed E-state index contributed by atoms with van der Waals surface area (Å²) < 4.78 is 67.6. The van der Waals surface area contributed by atoms with Crippen LogP contribution in [0.25, 0.3) is 21.5 Å². The van der Waals surface area contributed by atoms with Gasteiger partial charge in [0.1, 0.15) is 32.5 Å². The summed E-state index contributed by atoms with van der Waals surface area (Å²) in [6.45, 7) is 0. The van der Waals surface area contributed by atoms with Crippen LogP contribution in [-0.2, 0) is 37.6 Å². The summed E-state index contributed by atoms with van der Waals surface area (Å²) in [6, 6.07) is 28.6. The van der Waals surface area contributed by atoms with E-state index in [1.807, 2.05) is 0 Å². The smallest absolute Gasteiger partial charge is 0.505 e. The van der Waals surface area contributed by atoms with E-state index >= 15 is 0 Å². The maximum absolute atomic E-state index is 12.5. The molecule has 0 aliphatic rings. The molecule has 0 saturated heterocycles. The summed E-state index contributed by atoms with van der Waals surface area (Å²) >= 11 is 0. The number of non-ortho nitro benzene ring substituents is 2. The molecular formula is C46H30CrN10Na3O20S2+3. The molecule has 8 N–H and O–H groups in total. The molecule has 30 nitrogen and oxygen atoms in total. The van der Waals surface area contributed by atoms with Crippen LogP contribution in [0.3, 0.4) is 0 Å². The van der Waals surface area contributed by atoms with Crippen molar-refractivity contribution in [3.63, 3.8) is 0 Å². The molecule has 0 bridgehead atoms. The van der Waals surface area contributed by atoms with E-state index in [4.69, 9.17) is 0 Å². The van der Waals surface area contributed by atoms with E-state index < -0.39 is 130 Å². The second-order valence-corrected chi connectivity index (χ2v) is 18.5. The van der Waals surface area contributed by atoms with Crippen LogP contribution in [0.1, 0.15) is 20.7 Å². The number of azo groups is 2. The molecule has 0 radical (unpaired) electrons. The van der Waals surface area contributed by atoms with Crippen molar-refractivity contribution in [1.29, 1.82) is 0 Å². The van der Waals surface area contributed by atoms with Gasteiger partial charge in [-0.15, -0.1) is 20.5 Å². The van der Waals surface area contributed by atoms with Gasteiger partial charge in [0.2, 0.25) is 11.5 Å². The fraction of sp³-hybridized carbons (Fsp3) is 0. The van der Waals surface area contributed by atoms with E-state index in [1.54, 1.807) is 60.7 Å². The van der Waals surface area contributed by atoms with E-state index in [9.17, 15) is 96.4 Å². The number of hydrogen-bond acceptors (Lipinski definition) is 22. The molecule has 82 heavy (non-hydrogen) atoms. The summed E-state index contributed by atoms with van der Waals surface area (Å²) in [5.41, 5.74) is -6.01. The third-order valence-electron chi connectivity index (χ3n) is 10.7. The van der Waals surface area contributed by atoms with Crippen LogP contribution >= 0.6 is 0 Å². The molecule has 8 aromatic rings. The number of benzene rings is 8. The van der Waals surface area contributed by atoms with Gasteiger partial charge in [0.25, 0.3) is 43.4 Å². The Morgan fingerprint density at radius 1 is 0.439 bits per heavy atom. The molecule has 0 atom stereocenters. The standard InChI is InChI=1S/2C23H15N5O10S.Cr.3Na/c2*29-21-16-9-14(24-23(31)12-4-2-1-3-5-12)7-6-13(16)8-19(39(36,37)38)20(21)26-25-17-10-15(27(32)33)11-18(22(17)30)28(34)35;;;;/h2*1-11,29-30H,(H,24,31)(H,36,37,38);;;;/q;;;3*+1. The first-order valence-corrected chi connectivity index (χ1v) is 24.0. The fourth-order valence-corrected chi connectivity index (χ4v) is 8.35. The molecule has 0 saturated carbocycles. The van der Waals surface area contributed by atoms with Gasteiger partial charge in [-0.1, -0.05) is 48.5 Å². The van der Waals surface area contributed by atoms with E-state index in [-0.39, 0.29) is 139 Å². The number of nitro benzene ring substituents is 4. The molecule has 402 valence electrons. The van der Waals surface area contributed by atoms with Crippen molar-refractivity contribution in [1.82, 2.24) is 0 Å². The second-order valence-electron chi connectivity index (χ2n) is 15.7. The van der Waals surface area contributed by atoms with Crippen molar-refractivity contribution in [3.8, 4) is 23.0 Å². The number of phenols is 4. The first-order valence-electron chi connectivity index (χ1n) is 21.2. The Balaban J connectivity index is 0.000000410. The normalized spacial score (nSPS) is 11.0. The average Bonchev–Trinajstić information content (AvgIpc) is 3.39. The molecule has 0 aliphatic carbocycles. The molecule has 0 unspecified atom stereocenters. The fourth-order valence-electron chi connectivity index (χ4n) is 7.04. The van der Waals surface area contributed by atoms with Gasteiger partial charge in [-0.2, -0.15) is 16.8 Å². The monoisotopic (exact) mass is 1230 g/mol. The van der Waals surface area contributed by atoms with Crippen molar-refractivity contribution in [2.45, 2.75) is 9.79 Å². The number of anilines is 2. The van der Waals surface area contributed by atoms with Crippen molar-refractivity contribution in [2.24, 2.45) is 20.5 Å². The largest absolute Gasteiger partial charge is 1.00 e. The number of nitrogens with one attached hydrogen (secondary N) is 2. The number of amides is 2. The Morgan fingerprint density at radius 2 is 0.768 bits per heavy atom. The first kappa shape index (κ1) is 68.8. The minimum Gasteiger partial charge on any atom is -0.505 e. The van der Waals surface area contributed by atoms with E-state index in [0.29, 0.717) is 35.4 Å². The van der Waals surface area contributed by atoms with Gasteiger partial charge >= 0.3 is 100 Å². The quantitative estimate of drug-likeness (QED) is 0.0247. The number of hydrogen-bond donors (Lipinski definition) is 8. The SMILES string of the molecule is O=C(Nc1ccc2cc(S(=O)(=O)O)c(N=Nc3cc([N+](=O)[O-])cc([N+](=O)[O-])c3O)c(O)c2c1)c1ccccc1.O=C(Nc1ccc2cc(S(=O)(=O)O)c(N=Nc3cc([N+](=O)[O-])cc([N+](=O)[O-])c3O)c(O)c2c1)c1ccccc1.[Cr].[Na+].[Na+].[Na+]. The molecule has 36 heteroatoms. The minimum absolute atomic E-state index is 0. The molecule has 2 amide bonds. The third kappa shape index (κ3) is 16.0. The van der Waals surface area contributed by atoms with Crippen LogP contribution in [0.15, 0.2) is 164 Å². The topological polar surface area (TPSA) is 470 Å². The number of phenolic OH excluding ortho intramolecular Hbond substituents is 4. The van der Waals surface area contributed by atoms with Gasteiger partial charge in [0.05, 0.1) is 31.8 Å². The van der Waals surface area contributed by atoms with Gasteiger partial charge in [-0.05, 0) is 71.4 Å². The second kappa shape index (κ2) is 28.5. The Kier molecular flexibility index (Phi) is 23.9. The van der Waals surface area contributed by atoms with Crippen molar-refractivity contribution < 1.29 is 182 Å². The first-order chi connectivity index (χ1) is 36.7. The molecule has 0 fully saturated rings. The Morgan fingerprint density at radius 3 is 1.06 bits per heavy atom. The number of nitro groups is 4. The average molecular weight is 1230 g/mol. The molecule has 0 aliphatic heterocycles. The third-order valence-corrected chi connectivity index (χ3v) is 12.4. The van der Waals surface area contributed by atoms with Crippen LogP contribution in [0.4, 0.5) is 56.9 Å². The molecule has 0 heterocycles. The Hall–Kier alpha value is -7.43. The van der Waals surface area contributed by atoms with E-state index in [2.05, 4.69) is 31.1 Å². The van der Waals surface area contributed by atoms with E-state index in [1.165, 1.54) is 36.4 Å². The summed E-state index contributed by atoms with van der Waals surface area (Å²) in [6.07, 6.45) is 0. The zero-order valence-electron chi connectivity index (χ0n) is 41.9. The summed E-state index contributed by atoms with van der Waals surface area (Å²) in [7, 11) is -10.1. The molecule has 8 rings (SSSR count). The molecule has 0 aromatic heterocycles. The number of rotatable bonds is 14. The maximum Gasteiger partial charge on any atom is 1.00 e. The van der Waals surface area contributed by atoms with Gasteiger partial charge in [0, 0.05) is 62.8 Å². The molecule has 0 spiro atoms. The number of aromatic hydroxyl groups is 4. The summed E-state index contributed by atoms with van der Waals surface area (Å²) in [4.78, 5) is 63.6. The predicted octanol–water partition coefficient (Wildman–Crippen LogP) is 0.973. The predicted molar refractivity (Wildman–Crippen MR) is 271 cm³/mol. The van der Waals surface area contributed by atoms with Crippen LogP contribution in [-0.4, -0.2) is 77.9 Å². The van der Waals surface area contributed by atoms with Crippen molar-refractivity contribution >= 4 is 110 Å². The van der Waals surface area contributed by atoms with Crippen LogP contribution in [0.5, 0.6) is 23.0 Å². The maximum atomic E-state index is 12.5. The zero-order valence-corrected chi connectivity index (χ0v) is 50.8. The van der Waals surface area contributed by atoms with Gasteiger partial charge in [-0.25, -0.2) is 0 Å². The number of carbonyl (C=O) groups is 2. The van der Waals surface area contributed by atoms with Gasteiger partial charge < -0.3 is 31.1 Å². The number of fused-ring (bicyclic) bond motifs is 2. The van der Waals surface area contributed by atoms with Gasteiger partial charge in [0.15, 0.2) is 11.5 Å². The Labute approximate surface area is 535 Å². The zero-order chi connectivity index (χ0) is 57.0. The number of nitrogens with zero attached hydrogens (tertiary/aromatic N) is 8.